The Balaban J connectivity index is 1.06. The smallest absolute Gasteiger partial charge is 0.167 e. The number of aryl methyl sites for hydroxylation is 1. The number of aromatic nitrogens is 6. The molecule has 4 aromatic rings. The molecule has 6 rings (SSSR count). The molecule has 1 saturated heterocycles. The highest BCUT2D eigenvalue weighted by Crippen LogP contribution is 2.38. The van der Waals surface area contributed by atoms with E-state index in [-0.39, 0.29) is 17.3 Å². The summed E-state index contributed by atoms with van der Waals surface area (Å²) in [6, 6.07) is 7.23. The number of nitrogens with two attached hydrogens (primary N) is 1. The lowest BCUT2D eigenvalue weighted by Gasteiger charge is -2.46. The van der Waals surface area contributed by atoms with Gasteiger partial charge in [0.15, 0.2) is 17.7 Å². The number of ether oxygens (including phenoxy) is 1. The van der Waals surface area contributed by atoms with Crippen molar-refractivity contribution in [1.82, 2.24) is 34.4 Å². The van der Waals surface area contributed by atoms with E-state index in [0.717, 1.165) is 42.5 Å². The predicted octanol–water partition coefficient (Wildman–Crippen LogP) is 3.32. The number of aliphatic hydroxyl groups excluding tert-OH is 2. The number of nitrogens with one attached hydrogen (secondary N) is 1. The van der Waals surface area contributed by atoms with Crippen LogP contribution in [0.2, 0.25) is 0 Å². The van der Waals surface area contributed by atoms with E-state index in [1.54, 1.807) is 4.57 Å². The van der Waals surface area contributed by atoms with Crippen molar-refractivity contribution in [2.75, 3.05) is 12.3 Å². The average molecular weight is 563 g/mol. The average Bonchev–Trinajstić information content (AvgIpc) is 3.58. The van der Waals surface area contributed by atoms with Crippen LogP contribution in [0.15, 0.2) is 30.9 Å². The van der Waals surface area contributed by atoms with Gasteiger partial charge in [-0.1, -0.05) is 26.8 Å². The number of aromatic amines is 1. The van der Waals surface area contributed by atoms with Crippen molar-refractivity contribution in [2.24, 2.45) is 5.92 Å². The van der Waals surface area contributed by atoms with Crippen LogP contribution in [0.3, 0.4) is 0 Å². The summed E-state index contributed by atoms with van der Waals surface area (Å²) in [5, 5.41) is 21.8. The number of nitrogens with zero attached hydrogens (tertiary/aromatic N) is 6. The van der Waals surface area contributed by atoms with Gasteiger partial charge in [-0.3, -0.25) is 9.47 Å². The first-order chi connectivity index (χ1) is 19.5. The molecule has 1 aliphatic heterocycles. The Bertz CT molecular complexity index is 1520. The summed E-state index contributed by atoms with van der Waals surface area (Å²) >= 11 is 0. The molecule has 2 aliphatic rings. The van der Waals surface area contributed by atoms with Crippen LogP contribution in [0.5, 0.6) is 0 Å². The van der Waals surface area contributed by atoms with E-state index in [1.807, 2.05) is 0 Å². The molecule has 41 heavy (non-hydrogen) atoms. The minimum atomic E-state index is -1.11. The Hall–Kier alpha value is -3.12. The molecule has 4 unspecified atom stereocenters. The monoisotopic (exact) mass is 562 g/mol. The number of H-pyrrole nitrogens is 1. The zero-order valence-corrected chi connectivity index (χ0v) is 24.5. The Labute approximate surface area is 240 Å². The molecule has 0 radical (unpaired) electrons. The van der Waals surface area contributed by atoms with Crippen LogP contribution in [0, 0.1) is 5.92 Å². The highest BCUT2D eigenvalue weighted by molar-refractivity contribution is 5.81. The van der Waals surface area contributed by atoms with Gasteiger partial charge >= 0.3 is 0 Å². The quantitative estimate of drug-likeness (QED) is 0.253. The molecule has 1 aromatic carbocycles. The summed E-state index contributed by atoms with van der Waals surface area (Å²) in [5.41, 5.74) is 10.4. The van der Waals surface area contributed by atoms with Crippen LogP contribution >= 0.6 is 0 Å². The number of rotatable bonds is 8. The fraction of sp³-hybridized carbons (Fsp3) is 0.600. The number of imidazole rings is 2. The van der Waals surface area contributed by atoms with E-state index < -0.39 is 24.5 Å². The number of hydrogen-bond acceptors (Lipinski definition) is 9. The molecule has 11 nitrogen and oxygen atoms in total. The van der Waals surface area contributed by atoms with Crippen molar-refractivity contribution in [3.05, 3.63) is 42.2 Å². The van der Waals surface area contributed by atoms with Crippen molar-refractivity contribution < 1.29 is 14.9 Å². The van der Waals surface area contributed by atoms with Gasteiger partial charge in [0.1, 0.15) is 36.0 Å². The second-order valence-electron chi connectivity index (χ2n) is 13.1. The fourth-order valence-electron chi connectivity index (χ4n) is 6.35. The van der Waals surface area contributed by atoms with Gasteiger partial charge in [0.05, 0.1) is 17.4 Å². The second-order valence-corrected chi connectivity index (χ2v) is 13.1. The number of hydrogen-bond donors (Lipinski definition) is 4. The lowest BCUT2D eigenvalue weighted by Crippen LogP contribution is -2.52. The van der Waals surface area contributed by atoms with E-state index >= 15 is 0 Å². The number of nitrogen functional groups attached to an aromatic ring is 1. The SMILES string of the molecule is CC(C)N(CC1OC(n2cnc3c(N)ncnc32)C(O)C1O)[C@H]1C[C@H](CCc2nc3cc(C(C)(C)C)ccc3[nH]2)C1. The van der Waals surface area contributed by atoms with Crippen LogP contribution in [0.1, 0.15) is 71.5 Å². The number of fused-ring (bicyclic) bond motifs is 2. The van der Waals surface area contributed by atoms with Crippen molar-refractivity contribution in [3.63, 3.8) is 0 Å². The highest BCUT2D eigenvalue weighted by Gasteiger charge is 2.46. The van der Waals surface area contributed by atoms with E-state index in [4.69, 9.17) is 15.5 Å². The Kier molecular flexibility index (Phi) is 7.25. The molecule has 3 aromatic heterocycles. The van der Waals surface area contributed by atoms with Gasteiger partial charge < -0.3 is 25.7 Å². The van der Waals surface area contributed by atoms with Gasteiger partial charge in [-0.05, 0) is 62.1 Å². The molecule has 11 heteroatoms. The molecule has 0 bridgehead atoms. The third kappa shape index (κ3) is 5.31. The molecular weight excluding hydrogens is 520 g/mol. The van der Waals surface area contributed by atoms with Gasteiger partial charge in [0.25, 0.3) is 0 Å². The van der Waals surface area contributed by atoms with Crippen LogP contribution in [0.4, 0.5) is 5.82 Å². The summed E-state index contributed by atoms with van der Waals surface area (Å²) in [5.74, 6) is 1.95. The maximum Gasteiger partial charge on any atom is 0.167 e. The molecule has 4 heterocycles. The Morgan fingerprint density at radius 3 is 2.66 bits per heavy atom. The minimum Gasteiger partial charge on any atom is -0.387 e. The minimum absolute atomic E-state index is 0.104. The zero-order chi connectivity index (χ0) is 29.1. The maximum atomic E-state index is 10.9. The molecule has 220 valence electrons. The summed E-state index contributed by atoms with van der Waals surface area (Å²) in [4.78, 5) is 23.3. The lowest BCUT2D eigenvalue weighted by atomic mass is 9.76. The van der Waals surface area contributed by atoms with E-state index in [1.165, 1.54) is 18.2 Å². The van der Waals surface area contributed by atoms with Gasteiger partial charge in [-0.2, -0.15) is 0 Å². The van der Waals surface area contributed by atoms with E-state index in [2.05, 4.69) is 77.7 Å². The standard InChI is InChI=1S/C30H42N8O3/c1-16(2)37(13-22-25(39)26(40)29(41-22)38-15-34-24-27(31)32-14-33-28(24)38)19-10-17(11-19)6-9-23-35-20-8-7-18(30(3,4)5)12-21(20)36-23/h7-8,12,14-17,19,22,25-26,29,39-40H,6,9-11,13H2,1-5H3,(H,35,36)(H2,31,32,33)/t17-,19-,22?,25?,26?,29?. The van der Waals surface area contributed by atoms with Crippen LogP contribution < -0.4 is 5.73 Å². The van der Waals surface area contributed by atoms with Gasteiger partial charge in [-0.25, -0.2) is 19.9 Å². The summed E-state index contributed by atoms with van der Waals surface area (Å²) in [6.07, 6.45) is 3.63. The molecular formula is C30H42N8O3. The first kappa shape index (κ1) is 28.0. The topological polar surface area (TPSA) is 151 Å². The van der Waals surface area contributed by atoms with Crippen molar-refractivity contribution in [1.29, 1.82) is 0 Å². The summed E-state index contributed by atoms with van der Waals surface area (Å²) < 4.78 is 7.86. The van der Waals surface area contributed by atoms with Crippen molar-refractivity contribution >= 4 is 28.0 Å². The summed E-state index contributed by atoms with van der Waals surface area (Å²) in [6.45, 7) is 11.6. The van der Waals surface area contributed by atoms with Gasteiger partial charge in [-0.15, -0.1) is 0 Å². The lowest BCUT2D eigenvalue weighted by molar-refractivity contribution is -0.0620. The fourth-order valence-corrected chi connectivity index (χ4v) is 6.35. The van der Waals surface area contributed by atoms with Crippen LogP contribution in [-0.2, 0) is 16.6 Å². The predicted molar refractivity (Wildman–Crippen MR) is 157 cm³/mol. The first-order valence-corrected chi connectivity index (χ1v) is 14.7. The third-order valence-electron chi connectivity index (χ3n) is 8.92. The number of benzene rings is 1. The van der Waals surface area contributed by atoms with Gasteiger partial charge in [0.2, 0.25) is 0 Å². The molecule has 4 atom stereocenters. The normalized spacial score (nSPS) is 27.0. The first-order valence-electron chi connectivity index (χ1n) is 14.7. The van der Waals surface area contributed by atoms with Crippen LogP contribution in [0.25, 0.3) is 22.2 Å². The second kappa shape index (κ2) is 10.6. The summed E-state index contributed by atoms with van der Waals surface area (Å²) in [7, 11) is 0. The molecule has 0 spiro atoms. The van der Waals surface area contributed by atoms with Gasteiger partial charge in [0, 0.05) is 25.0 Å². The zero-order valence-electron chi connectivity index (χ0n) is 24.5. The van der Waals surface area contributed by atoms with E-state index in [9.17, 15) is 10.2 Å². The van der Waals surface area contributed by atoms with Crippen LogP contribution in [-0.4, -0.2) is 81.5 Å². The largest absolute Gasteiger partial charge is 0.387 e. The molecule has 1 aliphatic carbocycles. The van der Waals surface area contributed by atoms with Crippen molar-refractivity contribution in [2.45, 2.75) is 102 Å². The number of aliphatic hydroxyl groups is 2. The Morgan fingerprint density at radius 2 is 1.93 bits per heavy atom. The Morgan fingerprint density at radius 1 is 1.15 bits per heavy atom. The molecule has 0 amide bonds. The third-order valence-corrected chi connectivity index (χ3v) is 8.92. The van der Waals surface area contributed by atoms with E-state index in [0.29, 0.717) is 29.7 Å². The molecule has 2 fully saturated rings. The maximum absolute atomic E-state index is 10.9. The number of anilines is 1. The molecule has 5 N–H and O–H groups in total. The highest BCUT2D eigenvalue weighted by atomic mass is 16.6. The molecule has 1 saturated carbocycles. The van der Waals surface area contributed by atoms with Crippen molar-refractivity contribution in [3.8, 4) is 0 Å².